The topological polar surface area (TPSA) is 35.8 Å². The van der Waals surface area contributed by atoms with E-state index in [0.717, 1.165) is 18.8 Å². The zero-order chi connectivity index (χ0) is 12.1. The monoisotopic (exact) mass is 234 g/mol. The van der Waals surface area contributed by atoms with Crippen molar-refractivity contribution in [3.8, 4) is 6.07 Å². The second-order valence-electron chi connectivity index (χ2n) is 6.02. The van der Waals surface area contributed by atoms with Gasteiger partial charge in [-0.3, -0.25) is 5.32 Å². The minimum atomic E-state index is -0.187. The maximum Gasteiger partial charge on any atom is 0.107 e. The lowest BCUT2D eigenvalue weighted by atomic mass is 9.75. The van der Waals surface area contributed by atoms with Crippen molar-refractivity contribution in [3.05, 3.63) is 0 Å². The number of hydrogen-bond acceptors (Lipinski definition) is 2. The zero-order valence-corrected chi connectivity index (χ0v) is 11.2. The van der Waals surface area contributed by atoms with E-state index in [9.17, 15) is 5.26 Å². The molecule has 0 aromatic rings. The maximum absolute atomic E-state index is 9.52. The summed E-state index contributed by atoms with van der Waals surface area (Å²) >= 11 is 0. The number of nitriles is 1. The van der Waals surface area contributed by atoms with Crippen LogP contribution in [0.2, 0.25) is 0 Å². The predicted molar refractivity (Wildman–Crippen MR) is 70.6 cm³/mol. The van der Waals surface area contributed by atoms with Crippen LogP contribution in [-0.2, 0) is 0 Å². The van der Waals surface area contributed by atoms with Crippen LogP contribution < -0.4 is 5.32 Å². The molecule has 0 heterocycles. The third kappa shape index (κ3) is 3.22. The van der Waals surface area contributed by atoms with Crippen molar-refractivity contribution in [2.24, 2.45) is 5.92 Å². The molecule has 2 fully saturated rings. The van der Waals surface area contributed by atoms with E-state index >= 15 is 0 Å². The van der Waals surface area contributed by atoms with Crippen LogP contribution in [0.5, 0.6) is 0 Å². The Kier molecular flexibility index (Phi) is 4.45. The van der Waals surface area contributed by atoms with Crippen molar-refractivity contribution < 1.29 is 0 Å². The molecule has 0 bridgehead atoms. The molecule has 2 rings (SSSR count). The summed E-state index contributed by atoms with van der Waals surface area (Å²) in [5, 5.41) is 13.2. The smallest absolute Gasteiger partial charge is 0.107 e. The summed E-state index contributed by atoms with van der Waals surface area (Å²) in [6, 6.07) is 3.21. The number of hydrogen-bond donors (Lipinski definition) is 1. The molecule has 0 spiro atoms. The Hall–Kier alpha value is -0.550. The van der Waals surface area contributed by atoms with Gasteiger partial charge < -0.3 is 0 Å². The van der Waals surface area contributed by atoms with Gasteiger partial charge in [0.2, 0.25) is 0 Å². The van der Waals surface area contributed by atoms with Gasteiger partial charge in [-0.25, -0.2) is 0 Å². The van der Waals surface area contributed by atoms with Gasteiger partial charge >= 0.3 is 0 Å². The fraction of sp³-hybridized carbons (Fsp3) is 0.933. The van der Waals surface area contributed by atoms with Gasteiger partial charge in [0.1, 0.15) is 5.54 Å². The normalized spacial score (nSPS) is 35.4. The van der Waals surface area contributed by atoms with Crippen LogP contribution in [0.3, 0.4) is 0 Å². The van der Waals surface area contributed by atoms with E-state index in [2.05, 4.69) is 18.3 Å². The van der Waals surface area contributed by atoms with E-state index in [1.54, 1.807) is 0 Å². The molecular weight excluding hydrogens is 208 g/mol. The summed E-state index contributed by atoms with van der Waals surface area (Å²) in [5.41, 5.74) is -0.187. The van der Waals surface area contributed by atoms with Crippen LogP contribution in [0, 0.1) is 17.2 Å². The molecule has 2 aliphatic carbocycles. The van der Waals surface area contributed by atoms with Gasteiger partial charge in [-0.05, 0) is 44.4 Å². The minimum Gasteiger partial charge on any atom is -0.297 e. The molecule has 96 valence electrons. The Morgan fingerprint density at radius 1 is 1.12 bits per heavy atom. The third-order valence-electron chi connectivity index (χ3n) is 4.84. The van der Waals surface area contributed by atoms with Crippen LogP contribution in [0.1, 0.15) is 71.1 Å². The molecule has 1 N–H and O–H groups in total. The largest absolute Gasteiger partial charge is 0.297 e. The van der Waals surface area contributed by atoms with E-state index in [-0.39, 0.29) is 5.54 Å². The van der Waals surface area contributed by atoms with Gasteiger partial charge in [0.15, 0.2) is 0 Å². The van der Waals surface area contributed by atoms with E-state index in [1.165, 1.54) is 51.4 Å². The van der Waals surface area contributed by atoms with Crippen LogP contribution in [0.4, 0.5) is 0 Å². The Bertz CT molecular complexity index is 265. The summed E-state index contributed by atoms with van der Waals surface area (Å²) in [5.74, 6) is 0.865. The summed E-state index contributed by atoms with van der Waals surface area (Å²) in [4.78, 5) is 0. The van der Waals surface area contributed by atoms with Gasteiger partial charge in [0.25, 0.3) is 0 Å². The summed E-state index contributed by atoms with van der Waals surface area (Å²) in [7, 11) is 0. The summed E-state index contributed by atoms with van der Waals surface area (Å²) < 4.78 is 0. The molecule has 0 aliphatic heterocycles. The second kappa shape index (κ2) is 5.87. The van der Waals surface area contributed by atoms with Gasteiger partial charge in [-0.1, -0.05) is 32.6 Å². The molecule has 0 aromatic heterocycles. The highest BCUT2D eigenvalue weighted by Crippen LogP contribution is 2.34. The maximum atomic E-state index is 9.52. The third-order valence-corrected chi connectivity index (χ3v) is 4.84. The van der Waals surface area contributed by atoms with E-state index in [4.69, 9.17) is 0 Å². The lowest BCUT2D eigenvalue weighted by Gasteiger charge is -2.39. The molecule has 2 saturated carbocycles. The molecule has 0 atom stereocenters. The number of rotatable bonds is 3. The fourth-order valence-electron chi connectivity index (χ4n) is 3.50. The first-order valence-electron chi connectivity index (χ1n) is 7.47. The summed E-state index contributed by atoms with van der Waals surface area (Å²) in [6.07, 6.45) is 12.5. The molecule has 0 amide bonds. The van der Waals surface area contributed by atoms with Crippen LogP contribution in [0.25, 0.3) is 0 Å². The van der Waals surface area contributed by atoms with Crippen molar-refractivity contribution in [3.63, 3.8) is 0 Å². The van der Waals surface area contributed by atoms with E-state index in [1.807, 2.05) is 0 Å². The Labute approximate surface area is 106 Å². The molecule has 2 aliphatic rings. The van der Waals surface area contributed by atoms with Crippen LogP contribution in [-0.4, -0.2) is 11.6 Å². The molecule has 2 nitrogen and oxygen atoms in total. The Morgan fingerprint density at radius 2 is 1.76 bits per heavy atom. The lowest BCUT2D eigenvalue weighted by Crippen LogP contribution is -2.51. The van der Waals surface area contributed by atoms with E-state index < -0.39 is 0 Å². The molecule has 0 saturated heterocycles. The van der Waals surface area contributed by atoms with Gasteiger partial charge in [0, 0.05) is 6.04 Å². The van der Waals surface area contributed by atoms with E-state index in [0.29, 0.717) is 6.04 Å². The Morgan fingerprint density at radius 3 is 2.29 bits per heavy atom. The SMILES string of the molecule is CCC1CCC(C#N)(NC2CCCCC2)CC1. The van der Waals surface area contributed by atoms with Crippen LogP contribution in [0.15, 0.2) is 0 Å². The van der Waals surface area contributed by atoms with Crippen LogP contribution >= 0.6 is 0 Å². The number of nitrogens with zero attached hydrogens (tertiary/aromatic N) is 1. The highest BCUT2D eigenvalue weighted by atomic mass is 15.0. The average molecular weight is 234 g/mol. The zero-order valence-electron chi connectivity index (χ0n) is 11.2. The molecule has 0 unspecified atom stereocenters. The Balaban J connectivity index is 1.89. The first kappa shape index (κ1) is 12.9. The minimum absolute atomic E-state index is 0.187. The first-order chi connectivity index (χ1) is 8.28. The molecule has 2 heteroatoms. The first-order valence-corrected chi connectivity index (χ1v) is 7.47. The highest BCUT2D eigenvalue weighted by Gasteiger charge is 2.36. The van der Waals surface area contributed by atoms with Crippen molar-refractivity contribution >= 4 is 0 Å². The van der Waals surface area contributed by atoms with Crippen molar-refractivity contribution in [2.45, 2.75) is 82.7 Å². The second-order valence-corrected chi connectivity index (χ2v) is 6.02. The lowest BCUT2D eigenvalue weighted by molar-refractivity contribution is 0.200. The molecular formula is C15H26N2. The molecule has 0 radical (unpaired) electrons. The molecule has 17 heavy (non-hydrogen) atoms. The van der Waals surface area contributed by atoms with Crippen molar-refractivity contribution in [2.75, 3.05) is 0 Å². The van der Waals surface area contributed by atoms with Gasteiger partial charge in [0.05, 0.1) is 6.07 Å². The van der Waals surface area contributed by atoms with Gasteiger partial charge in [-0.2, -0.15) is 5.26 Å². The predicted octanol–water partition coefficient (Wildman–Crippen LogP) is 3.77. The fourth-order valence-corrected chi connectivity index (χ4v) is 3.50. The van der Waals surface area contributed by atoms with Crippen molar-refractivity contribution in [1.82, 2.24) is 5.32 Å². The molecule has 0 aromatic carbocycles. The van der Waals surface area contributed by atoms with Crippen molar-refractivity contribution in [1.29, 1.82) is 5.26 Å². The average Bonchev–Trinajstić information content (AvgIpc) is 2.41. The number of nitrogens with one attached hydrogen (secondary N) is 1. The highest BCUT2D eigenvalue weighted by molar-refractivity contribution is 5.10. The summed E-state index contributed by atoms with van der Waals surface area (Å²) in [6.45, 7) is 2.28. The van der Waals surface area contributed by atoms with Gasteiger partial charge in [-0.15, -0.1) is 0 Å². The standard InChI is InChI=1S/C15H26N2/c1-2-13-8-10-15(12-16,11-9-13)17-14-6-4-3-5-7-14/h13-14,17H,2-11H2,1H3. The quantitative estimate of drug-likeness (QED) is 0.807.